The van der Waals surface area contributed by atoms with Crippen LogP contribution in [0.4, 0.5) is 0 Å². The van der Waals surface area contributed by atoms with Gasteiger partial charge >= 0.3 is 0 Å². The van der Waals surface area contributed by atoms with E-state index in [0.717, 1.165) is 12.5 Å². The van der Waals surface area contributed by atoms with Gasteiger partial charge in [-0.25, -0.2) is 4.98 Å². The number of hydrogen-bond acceptors (Lipinski definition) is 3. The Labute approximate surface area is 100 Å². The first kappa shape index (κ1) is 11.4. The number of piperidine rings is 1. The van der Waals surface area contributed by atoms with Crippen LogP contribution in [-0.2, 0) is 6.54 Å². The van der Waals surface area contributed by atoms with Crippen LogP contribution in [0.3, 0.4) is 0 Å². The first-order valence-electron chi connectivity index (χ1n) is 5.60. The van der Waals surface area contributed by atoms with E-state index in [9.17, 15) is 0 Å². The molecule has 1 aliphatic rings. The fourth-order valence-corrected chi connectivity index (χ4v) is 3.23. The summed E-state index contributed by atoms with van der Waals surface area (Å²) in [6, 6.07) is 0. The Bertz CT molecular complexity index is 313. The predicted octanol–water partition coefficient (Wildman–Crippen LogP) is 3.42. The molecule has 0 radical (unpaired) electrons. The molecule has 0 N–H and O–H groups in total. The van der Waals surface area contributed by atoms with Crippen molar-refractivity contribution < 1.29 is 0 Å². The summed E-state index contributed by atoms with van der Waals surface area (Å²) in [5, 5.41) is 0. The molecule has 2 nitrogen and oxygen atoms in total. The zero-order chi connectivity index (χ0) is 10.7. The second kappa shape index (κ2) is 5.28. The molecule has 1 aromatic heterocycles. The molecular formula is C11H17ClN2S. The molecule has 1 saturated heterocycles. The summed E-state index contributed by atoms with van der Waals surface area (Å²) in [7, 11) is 0. The van der Waals surface area contributed by atoms with E-state index >= 15 is 0 Å². The number of rotatable bonds is 3. The van der Waals surface area contributed by atoms with E-state index in [2.05, 4.69) is 16.8 Å². The van der Waals surface area contributed by atoms with Gasteiger partial charge in [0.2, 0.25) is 0 Å². The summed E-state index contributed by atoms with van der Waals surface area (Å²) in [6.45, 7) is 5.79. The average molecular weight is 245 g/mol. The normalized spacial score (nSPS) is 23.2. The molecule has 0 saturated carbocycles. The van der Waals surface area contributed by atoms with Crippen LogP contribution in [0.2, 0.25) is 4.47 Å². The Kier molecular flexibility index (Phi) is 4.00. The van der Waals surface area contributed by atoms with Gasteiger partial charge in [0, 0.05) is 24.2 Å². The molecule has 1 atom stereocenters. The minimum Gasteiger partial charge on any atom is -0.298 e. The largest absolute Gasteiger partial charge is 0.298 e. The molecular weight excluding hydrogens is 228 g/mol. The van der Waals surface area contributed by atoms with Crippen molar-refractivity contribution in [2.75, 3.05) is 13.1 Å². The van der Waals surface area contributed by atoms with Gasteiger partial charge in [0.25, 0.3) is 0 Å². The van der Waals surface area contributed by atoms with Crippen molar-refractivity contribution in [1.82, 2.24) is 9.88 Å². The van der Waals surface area contributed by atoms with Gasteiger partial charge in [0.1, 0.15) is 0 Å². The molecule has 84 valence electrons. The lowest BCUT2D eigenvalue weighted by molar-refractivity contribution is 0.166. The maximum atomic E-state index is 5.82. The number of halogens is 1. The molecule has 4 heteroatoms. The molecule has 1 aliphatic heterocycles. The van der Waals surface area contributed by atoms with Gasteiger partial charge in [-0.3, -0.25) is 4.90 Å². The maximum Gasteiger partial charge on any atom is 0.183 e. The van der Waals surface area contributed by atoms with Crippen LogP contribution < -0.4 is 0 Å². The number of nitrogens with zero attached hydrogens (tertiary/aromatic N) is 2. The van der Waals surface area contributed by atoms with E-state index in [0.29, 0.717) is 4.47 Å². The fourth-order valence-electron chi connectivity index (χ4n) is 2.21. The highest BCUT2D eigenvalue weighted by Gasteiger charge is 2.18. The SMILES string of the molecule is CCC1CCCN(Cc2cnc(Cl)s2)C1. The van der Waals surface area contributed by atoms with Gasteiger partial charge in [-0.2, -0.15) is 0 Å². The fraction of sp³-hybridized carbons (Fsp3) is 0.727. The van der Waals surface area contributed by atoms with Crippen molar-refractivity contribution in [3.8, 4) is 0 Å². The smallest absolute Gasteiger partial charge is 0.183 e. The molecule has 2 heterocycles. The van der Waals surface area contributed by atoms with E-state index in [1.165, 1.54) is 37.2 Å². The first-order valence-corrected chi connectivity index (χ1v) is 6.80. The van der Waals surface area contributed by atoms with Crippen LogP contribution in [0.5, 0.6) is 0 Å². The zero-order valence-electron chi connectivity index (χ0n) is 9.08. The van der Waals surface area contributed by atoms with Crippen LogP contribution in [0, 0.1) is 5.92 Å². The standard InChI is InChI=1S/C11H17ClN2S/c1-2-9-4-3-5-14(7-9)8-10-6-13-11(12)15-10/h6,9H,2-5,7-8H2,1H3. The second-order valence-corrected chi connectivity index (χ2v) is 5.93. The lowest BCUT2D eigenvalue weighted by atomic mass is 9.96. The van der Waals surface area contributed by atoms with Crippen LogP contribution in [0.1, 0.15) is 31.1 Å². The summed E-state index contributed by atoms with van der Waals surface area (Å²) in [5.41, 5.74) is 0. The quantitative estimate of drug-likeness (QED) is 0.810. The molecule has 15 heavy (non-hydrogen) atoms. The molecule has 0 aliphatic carbocycles. The minimum atomic E-state index is 0.661. The highest BCUT2D eigenvalue weighted by atomic mass is 35.5. The van der Waals surface area contributed by atoms with Gasteiger partial charge in [-0.1, -0.05) is 24.9 Å². The van der Waals surface area contributed by atoms with E-state index in [1.54, 1.807) is 11.3 Å². The molecule has 0 bridgehead atoms. The molecule has 1 unspecified atom stereocenters. The van der Waals surface area contributed by atoms with Crippen molar-refractivity contribution >= 4 is 22.9 Å². The maximum absolute atomic E-state index is 5.82. The Morgan fingerprint density at radius 1 is 1.67 bits per heavy atom. The highest BCUT2D eigenvalue weighted by molar-refractivity contribution is 7.15. The Balaban J connectivity index is 1.88. The van der Waals surface area contributed by atoms with E-state index < -0.39 is 0 Å². The summed E-state index contributed by atoms with van der Waals surface area (Å²) in [6.07, 6.45) is 5.95. The third-order valence-electron chi connectivity index (χ3n) is 3.09. The lowest BCUT2D eigenvalue weighted by Crippen LogP contribution is -2.34. The number of aromatic nitrogens is 1. The molecule has 0 amide bonds. The topological polar surface area (TPSA) is 16.1 Å². The third kappa shape index (κ3) is 3.16. The van der Waals surface area contributed by atoms with E-state index in [-0.39, 0.29) is 0 Å². The van der Waals surface area contributed by atoms with Crippen LogP contribution in [0.15, 0.2) is 6.20 Å². The lowest BCUT2D eigenvalue weighted by Gasteiger charge is -2.31. The minimum absolute atomic E-state index is 0.661. The zero-order valence-corrected chi connectivity index (χ0v) is 10.7. The number of likely N-dealkylation sites (tertiary alicyclic amines) is 1. The molecule has 1 aromatic rings. The average Bonchev–Trinajstić information content (AvgIpc) is 2.64. The monoisotopic (exact) mass is 244 g/mol. The molecule has 0 spiro atoms. The number of thiazole rings is 1. The third-order valence-corrected chi connectivity index (χ3v) is 4.18. The van der Waals surface area contributed by atoms with Crippen LogP contribution in [-0.4, -0.2) is 23.0 Å². The summed E-state index contributed by atoms with van der Waals surface area (Å²) in [5.74, 6) is 0.891. The van der Waals surface area contributed by atoms with Crippen molar-refractivity contribution in [1.29, 1.82) is 0 Å². The van der Waals surface area contributed by atoms with Gasteiger partial charge in [0.15, 0.2) is 4.47 Å². The highest BCUT2D eigenvalue weighted by Crippen LogP contribution is 2.24. The summed E-state index contributed by atoms with van der Waals surface area (Å²) >= 11 is 7.43. The van der Waals surface area contributed by atoms with Gasteiger partial charge in [-0.05, 0) is 25.3 Å². The van der Waals surface area contributed by atoms with Gasteiger partial charge in [-0.15, -0.1) is 11.3 Å². The Morgan fingerprint density at radius 2 is 2.53 bits per heavy atom. The number of hydrogen-bond donors (Lipinski definition) is 0. The second-order valence-electron chi connectivity index (χ2n) is 4.23. The van der Waals surface area contributed by atoms with E-state index in [1.807, 2.05) is 6.20 Å². The summed E-state index contributed by atoms with van der Waals surface area (Å²) < 4.78 is 0.661. The molecule has 1 fully saturated rings. The van der Waals surface area contributed by atoms with Crippen molar-refractivity contribution in [3.05, 3.63) is 15.5 Å². The van der Waals surface area contributed by atoms with Gasteiger partial charge < -0.3 is 0 Å². The molecule has 2 rings (SSSR count). The van der Waals surface area contributed by atoms with Crippen molar-refractivity contribution in [2.24, 2.45) is 5.92 Å². The Hall–Kier alpha value is -0.120. The molecule has 0 aromatic carbocycles. The first-order chi connectivity index (χ1) is 7.28. The van der Waals surface area contributed by atoms with Crippen LogP contribution in [0.25, 0.3) is 0 Å². The van der Waals surface area contributed by atoms with Crippen molar-refractivity contribution in [2.45, 2.75) is 32.7 Å². The predicted molar refractivity (Wildman–Crippen MR) is 65.4 cm³/mol. The van der Waals surface area contributed by atoms with Crippen molar-refractivity contribution in [3.63, 3.8) is 0 Å². The van der Waals surface area contributed by atoms with Gasteiger partial charge in [0.05, 0.1) is 0 Å². The summed E-state index contributed by atoms with van der Waals surface area (Å²) in [4.78, 5) is 7.90. The Morgan fingerprint density at radius 3 is 3.20 bits per heavy atom. The van der Waals surface area contributed by atoms with Crippen LogP contribution >= 0.6 is 22.9 Å². The van der Waals surface area contributed by atoms with E-state index in [4.69, 9.17) is 11.6 Å².